The van der Waals surface area contributed by atoms with Gasteiger partial charge in [-0.1, -0.05) is 50.7 Å². The maximum atomic E-state index is 14.2. The van der Waals surface area contributed by atoms with Crippen LogP contribution in [0.4, 0.5) is 11.4 Å². The van der Waals surface area contributed by atoms with Crippen LogP contribution in [0.1, 0.15) is 113 Å². The first-order valence-corrected chi connectivity index (χ1v) is 15.0. The van der Waals surface area contributed by atoms with Crippen molar-refractivity contribution in [2.24, 2.45) is 5.73 Å². The molecule has 9 nitrogen and oxygen atoms in total. The second kappa shape index (κ2) is 12.2. The number of primary amides is 1. The van der Waals surface area contributed by atoms with Gasteiger partial charge in [-0.15, -0.1) is 0 Å². The van der Waals surface area contributed by atoms with E-state index in [2.05, 4.69) is 9.69 Å². The summed E-state index contributed by atoms with van der Waals surface area (Å²) in [5, 5.41) is 3.17. The second-order valence-electron chi connectivity index (χ2n) is 10.9. The average molecular weight is 564 g/mol. The van der Waals surface area contributed by atoms with Crippen LogP contribution in [0.15, 0.2) is 40.8 Å². The number of nitrogen functional groups attached to an aromatic ring is 1. The van der Waals surface area contributed by atoms with Crippen LogP contribution in [0.5, 0.6) is 0 Å². The molecule has 3 amide bonds. The summed E-state index contributed by atoms with van der Waals surface area (Å²) in [6.45, 7) is 1.80. The Morgan fingerprint density at radius 2 is 1.62 bits per heavy atom. The van der Waals surface area contributed by atoms with Crippen molar-refractivity contribution in [3.8, 4) is 0 Å². The predicted molar refractivity (Wildman–Crippen MR) is 155 cm³/mol. The Kier molecular flexibility index (Phi) is 8.54. The van der Waals surface area contributed by atoms with Crippen molar-refractivity contribution in [2.45, 2.75) is 89.1 Å². The number of carbonyl (C=O) groups is 3. The average Bonchev–Trinajstić information content (AvgIpc) is 3.57. The van der Waals surface area contributed by atoms with Crippen LogP contribution < -0.4 is 21.7 Å². The fourth-order valence-electron chi connectivity index (χ4n) is 5.97. The summed E-state index contributed by atoms with van der Waals surface area (Å²) in [5.41, 5.74) is 13.1. The first-order chi connectivity index (χ1) is 19.3. The number of nitrogens with two attached hydrogens (primary N) is 2. The highest BCUT2D eigenvalue weighted by Gasteiger charge is 2.38. The number of benzene rings is 1. The van der Waals surface area contributed by atoms with Crippen LogP contribution in [0.2, 0.25) is 0 Å². The van der Waals surface area contributed by atoms with E-state index in [0.717, 1.165) is 56.5 Å². The molecular weight excluding hydrogens is 526 g/mol. The summed E-state index contributed by atoms with van der Waals surface area (Å²) in [4.78, 5) is 41.6. The van der Waals surface area contributed by atoms with Gasteiger partial charge in [-0.25, -0.2) is 0 Å². The van der Waals surface area contributed by atoms with Crippen molar-refractivity contribution >= 4 is 40.6 Å². The van der Waals surface area contributed by atoms with Crippen LogP contribution >= 0.6 is 11.5 Å². The van der Waals surface area contributed by atoms with Crippen molar-refractivity contribution < 1.29 is 18.8 Å². The molecular formula is C30H37N5O4S. The van der Waals surface area contributed by atoms with Gasteiger partial charge in [0.15, 0.2) is 11.7 Å². The minimum Gasteiger partial charge on any atom is -0.464 e. The molecule has 2 heterocycles. The fourth-order valence-corrected chi connectivity index (χ4v) is 6.71. The van der Waals surface area contributed by atoms with E-state index in [4.69, 9.17) is 15.9 Å². The summed E-state index contributed by atoms with van der Waals surface area (Å²) in [5.74, 6) is -0.243. The van der Waals surface area contributed by atoms with Crippen molar-refractivity contribution in [1.82, 2.24) is 9.69 Å². The van der Waals surface area contributed by atoms with Crippen molar-refractivity contribution in [3.63, 3.8) is 0 Å². The Morgan fingerprint density at radius 1 is 0.975 bits per heavy atom. The minimum absolute atomic E-state index is 0.0281. The molecule has 1 atom stereocenters. The lowest BCUT2D eigenvalue weighted by Crippen LogP contribution is -2.47. The van der Waals surface area contributed by atoms with E-state index in [0.29, 0.717) is 23.1 Å². The number of rotatable bonds is 8. The lowest BCUT2D eigenvalue weighted by atomic mass is 9.84. The molecule has 0 aliphatic heterocycles. The van der Waals surface area contributed by atoms with Gasteiger partial charge in [0.05, 0.1) is 5.69 Å². The molecule has 0 bridgehead atoms. The molecule has 2 aliphatic rings. The van der Waals surface area contributed by atoms with Gasteiger partial charge in [-0.05, 0) is 79.9 Å². The van der Waals surface area contributed by atoms with Gasteiger partial charge in [0.2, 0.25) is 0 Å². The number of hydrogen-bond donors (Lipinski definition) is 3. The molecule has 0 unspecified atom stereocenters. The number of nitrogens with one attached hydrogen (secondary N) is 1. The number of anilines is 2. The van der Waals surface area contributed by atoms with Crippen LogP contribution in [-0.4, -0.2) is 28.1 Å². The Balaban J connectivity index is 1.57. The Morgan fingerprint density at radius 3 is 2.20 bits per heavy atom. The molecule has 5 rings (SSSR count). The van der Waals surface area contributed by atoms with E-state index in [1.54, 1.807) is 19.1 Å². The number of nitrogens with zero attached hydrogens (tertiary/aromatic N) is 2. The molecule has 1 aromatic carbocycles. The molecule has 0 radical (unpaired) electrons. The van der Waals surface area contributed by atoms with E-state index in [1.807, 2.05) is 24.3 Å². The smallest absolute Gasteiger partial charge is 0.273 e. The minimum atomic E-state index is -1.10. The molecule has 40 heavy (non-hydrogen) atoms. The van der Waals surface area contributed by atoms with Crippen molar-refractivity contribution in [1.29, 1.82) is 0 Å². The third kappa shape index (κ3) is 5.91. The number of carbonyl (C=O) groups excluding carboxylic acids is 3. The van der Waals surface area contributed by atoms with Crippen LogP contribution in [0.3, 0.4) is 0 Å². The van der Waals surface area contributed by atoms with Gasteiger partial charge in [0, 0.05) is 11.7 Å². The largest absolute Gasteiger partial charge is 0.464 e. The number of furan rings is 1. The molecule has 10 heteroatoms. The van der Waals surface area contributed by atoms with E-state index in [-0.39, 0.29) is 28.2 Å². The molecule has 2 saturated carbocycles. The van der Waals surface area contributed by atoms with Gasteiger partial charge in [0.1, 0.15) is 16.4 Å². The molecule has 2 fully saturated rings. The van der Waals surface area contributed by atoms with Crippen LogP contribution in [0.25, 0.3) is 0 Å². The number of amides is 3. The van der Waals surface area contributed by atoms with Crippen molar-refractivity contribution in [3.05, 3.63) is 64.1 Å². The first kappa shape index (κ1) is 27.9. The van der Waals surface area contributed by atoms with Gasteiger partial charge in [-0.2, -0.15) is 4.37 Å². The predicted octanol–water partition coefficient (Wildman–Crippen LogP) is 5.61. The molecule has 5 N–H and O–H groups in total. The number of aromatic nitrogens is 1. The molecule has 212 valence electrons. The van der Waals surface area contributed by atoms with Gasteiger partial charge >= 0.3 is 0 Å². The second-order valence-corrected chi connectivity index (χ2v) is 11.7. The summed E-state index contributed by atoms with van der Waals surface area (Å²) in [6, 6.07) is 10.3. The van der Waals surface area contributed by atoms with Gasteiger partial charge in [-0.3, -0.25) is 19.3 Å². The lowest BCUT2D eigenvalue weighted by Gasteiger charge is -2.32. The molecule has 0 spiro atoms. The highest BCUT2D eigenvalue weighted by molar-refractivity contribution is 7.09. The molecule has 2 aromatic heterocycles. The Hall–Kier alpha value is -3.66. The first-order valence-electron chi connectivity index (χ1n) is 14.2. The SMILES string of the molecule is Cc1ccc([C@@H](C(=O)NC2CCCCC2)N(C(=O)c2snc(C(N)=O)c2N)c2ccc(C3CCCCC3)cc2)o1. The fraction of sp³-hybridized carbons (Fsp3) is 0.467. The molecule has 2 aliphatic carbocycles. The Bertz CT molecular complexity index is 1350. The number of hydrogen-bond acceptors (Lipinski definition) is 7. The van der Waals surface area contributed by atoms with Crippen LogP contribution in [0, 0.1) is 6.92 Å². The third-order valence-electron chi connectivity index (χ3n) is 8.11. The third-order valence-corrected chi connectivity index (χ3v) is 8.96. The molecule has 0 saturated heterocycles. The Labute approximate surface area is 238 Å². The van der Waals surface area contributed by atoms with E-state index in [1.165, 1.54) is 29.7 Å². The maximum Gasteiger partial charge on any atom is 0.273 e. The van der Waals surface area contributed by atoms with E-state index in [9.17, 15) is 14.4 Å². The normalized spacial score (nSPS) is 17.3. The zero-order valence-corrected chi connectivity index (χ0v) is 23.7. The summed E-state index contributed by atoms with van der Waals surface area (Å²) in [7, 11) is 0. The highest BCUT2D eigenvalue weighted by atomic mass is 32.1. The van der Waals surface area contributed by atoms with Crippen molar-refractivity contribution in [2.75, 3.05) is 10.6 Å². The topological polar surface area (TPSA) is 145 Å². The van der Waals surface area contributed by atoms with Gasteiger partial charge in [0.25, 0.3) is 17.7 Å². The number of aryl methyl sites for hydroxylation is 1. The zero-order valence-electron chi connectivity index (χ0n) is 22.9. The zero-order chi connectivity index (χ0) is 28.2. The highest BCUT2D eigenvalue weighted by Crippen LogP contribution is 2.37. The van der Waals surface area contributed by atoms with E-state index < -0.39 is 17.9 Å². The van der Waals surface area contributed by atoms with Gasteiger partial charge < -0.3 is 21.2 Å². The quantitative estimate of drug-likeness (QED) is 0.325. The maximum absolute atomic E-state index is 14.2. The summed E-state index contributed by atoms with van der Waals surface area (Å²) >= 11 is 0.797. The summed E-state index contributed by atoms with van der Waals surface area (Å²) < 4.78 is 10.00. The molecule has 3 aromatic rings. The van der Waals surface area contributed by atoms with E-state index >= 15 is 0 Å². The van der Waals surface area contributed by atoms with Crippen LogP contribution in [-0.2, 0) is 4.79 Å². The summed E-state index contributed by atoms with van der Waals surface area (Å²) in [6.07, 6.45) is 11.0. The standard InChI is InChI=1S/C30H37N5O4S/c1-18-12-17-23(39-18)26(29(37)33-21-10-6-3-7-11-21)35(30(38)27-24(31)25(28(32)36)34-40-27)22-15-13-20(14-16-22)19-8-4-2-5-9-19/h12-17,19,21,26H,2-11,31H2,1H3,(H2,32,36)(H,33,37)/t26-/m0/s1. The monoisotopic (exact) mass is 563 g/mol. The lowest BCUT2D eigenvalue weighted by molar-refractivity contribution is -0.123.